The van der Waals surface area contributed by atoms with Crippen molar-refractivity contribution in [3.8, 4) is 11.4 Å². The fourth-order valence-electron chi connectivity index (χ4n) is 1.25. The second-order valence-electron chi connectivity index (χ2n) is 2.95. The molecule has 0 amide bonds. The van der Waals surface area contributed by atoms with Gasteiger partial charge in [-0.15, -0.1) is 0 Å². The summed E-state index contributed by atoms with van der Waals surface area (Å²) in [6, 6.07) is 4.37. The second-order valence-corrected chi connectivity index (χ2v) is 2.95. The van der Waals surface area contributed by atoms with E-state index in [0.717, 1.165) is 0 Å². The molecule has 5 heteroatoms. The lowest BCUT2D eigenvalue weighted by Gasteiger charge is -2.02. The van der Waals surface area contributed by atoms with Gasteiger partial charge in [-0.25, -0.2) is 14.1 Å². The van der Waals surface area contributed by atoms with Crippen LogP contribution in [0.2, 0.25) is 0 Å². The largest absolute Gasteiger partial charge is 0.399 e. The first kappa shape index (κ1) is 8.68. The van der Waals surface area contributed by atoms with Crippen molar-refractivity contribution in [2.24, 2.45) is 7.05 Å². The summed E-state index contributed by atoms with van der Waals surface area (Å²) in [7, 11) is 1.70. The molecule has 0 saturated carbocycles. The predicted octanol–water partition coefficient (Wildman–Crippen LogP) is 1.20. The van der Waals surface area contributed by atoms with Crippen molar-refractivity contribution in [1.82, 2.24) is 14.8 Å². The van der Waals surface area contributed by atoms with Crippen molar-refractivity contribution in [1.29, 1.82) is 0 Å². The number of anilines is 1. The maximum Gasteiger partial charge on any atom is 0.160 e. The van der Waals surface area contributed by atoms with E-state index in [0.29, 0.717) is 17.1 Å². The minimum atomic E-state index is -0.352. The molecule has 1 aromatic heterocycles. The van der Waals surface area contributed by atoms with E-state index in [1.54, 1.807) is 13.1 Å². The Balaban J connectivity index is 2.62. The van der Waals surface area contributed by atoms with Gasteiger partial charge in [-0.05, 0) is 18.2 Å². The molecule has 0 unspecified atom stereocenters. The maximum atomic E-state index is 13.4. The van der Waals surface area contributed by atoms with Crippen molar-refractivity contribution in [3.63, 3.8) is 0 Å². The summed E-state index contributed by atoms with van der Waals surface area (Å²) in [6.45, 7) is 0. The average Bonchev–Trinajstić information content (AvgIpc) is 2.56. The number of aromatic nitrogens is 3. The standard InChI is InChI=1S/C9H9FN4/c1-14-9(12-5-13-14)7-4-6(11)2-3-8(7)10/h2-5H,11H2,1H3. The van der Waals surface area contributed by atoms with Gasteiger partial charge in [0.2, 0.25) is 0 Å². The number of halogens is 1. The molecule has 0 saturated heterocycles. The fraction of sp³-hybridized carbons (Fsp3) is 0.111. The van der Waals surface area contributed by atoms with Crippen LogP contribution in [0.25, 0.3) is 11.4 Å². The molecule has 0 fully saturated rings. The molecule has 0 bridgehead atoms. The topological polar surface area (TPSA) is 56.7 Å². The van der Waals surface area contributed by atoms with Gasteiger partial charge in [0.05, 0.1) is 5.56 Å². The van der Waals surface area contributed by atoms with E-state index in [2.05, 4.69) is 10.1 Å². The van der Waals surface area contributed by atoms with E-state index >= 15 is 0 Å². The van der Waals surface area contributed by atoms with E-state index in [1.165, 1.54) is 23.1 Å². The van der Waals surface area contributed by atoms with Crippen LogP contribution in [-0.4, -0.2) is 14.8 Å². The zero-order chi connectivity index (χ0) is 10.1. The monoisotopic (exact) mass is 192 g/mol. The van der Waals surface area contributed by atoms with Gasteiger partial charge in [0, 0.05) is 12.7 Å². The number of rotatable bonds is 1. The van der Waals surface area contributed by atoms with Crippen LogP contribution in [0.5, 0.6) is 0 Å². The predicted molar refractivity (Wildman–Crippen MR) is 50.8 cm³/mol. The first-order valence-electron chi connectivity index (χ1n) is 4.08. The maximum absolute atomic E-state index is 13.4. The van der Waals surface area contributed by atoms with Crippen LogP contribution in [0.1, 0.15) is 0 Å². The van der Waals surface area contributed by atoms with Crippen LogP contribution in [0, 0.1) is 5.82 Å². The molecule has 14 heavy (non-hydrogen) atoms. The summed E-state index contributed by atoms with van der Waals surface area (Å²) < 4.78 is 14.9. The molecule has 0 aliphatic rings. The van der Waals surface area contributed by atoms with Gasteiger partial charge in [0.1, 0.15) is 12.1 Å². The summed E-state index contributed by atoms with van der Waals surface area (Å²) in [4.78, 5) is 3.94. The van der Waals surface area contributed by atoms with Crippen LogP contribution in [0.3, 0.4) is 0 Å². The fourth-order valence-corrected chi connectivity index (χ4v) is 1.25. The summed E-state index contributed by atoms with van der Waals surface area (Å²) >= 11 is 0. The molecule has 2 rings (SSSR count). The third-order valence-electron chi connectivity index (χ3n) is 1.94. The SMILES string of the molecule is Cn1ncnc1-c1cc(N)ccc1F. The molecule has 1 heterocycles. The van der Waals surface area contributed by atoms with Crippen LogP contribution < -0.4 is 5.73 Å². The highest BCUT2D eigenvalue weighted by molar-refractivity contribution is 5.61. The first-order valence-corrected chi connectivity index (χ1v) is 4.08. The third kappa shape index (κ3) is 1.32. The minimum absolute atomic E-state index is 0.352. The number of benzene rings is 1. The van der Waals surface area contributed by atoms with E-state index in [4.69, 9.17) is 5.73 Å². The Morgan fingerprint density at radius 3 is 2.86 bits per heavy atom. The Labute approximate surface area is 80.2 Å². The molecule has 2 N–H and O–H groups in total. The van der Waals surface area contributed by atoms with E-state index in [-0.39, 0.29) is 5.82 Å². The van der Waals surface area contributed by atoms with E-state index in [9.17, 15) is 4.39 Å². The third-order valence-corrected chi connectivity index (χ3v) is 1.94. The molecule has 1 aromatic carbocycles. The van der Waals surface area contributed by atoms with Crippen LogP contribution in [0.4, 0.5) is 10.1 Å². The van der Waals surface area contributed by atoms with Crippen molar-refractivity contribution in [2.75, 3.05) is 5.73 Å². The highest BCUT2D eigenvalue weighted by atomic mass is 19.1. The molecule has 0 aliphatic carbocycles. The van der Waals surface area contributed by atoms with E-state index < -0.39 is 0 Å². The number of aryl methyl sites for hydroxylation is 1. The van der Waals surface area contributed by atoms with Gasteiger partial charge in [-0.3, -0.25) is 0 Å². The number of hydrogen-bond donors (Lipinski definition) is 1. The smallest absolute Gasteiger partial charge is 0.160 e. The molecule has 2 aromatic rings. The van der Waals surface area contributed by atoms with Crippen molar-refractivity contribution >= 4 is 5.69 Å². The molecular weight excluding hydrogens is 183 g/mol. The summed E-state index contributed by atoms with van der Waals surface area (Å²) in [5.74, 6) is 0.116. The van der Waals surface area contributed by atoms with Crippen LogP contribution in [-0.2, 0) is 7.05 Å². The van der Waals surface area contributed by atoms with Crippen molar-refractivity contribution < 1.29 is 4.39 Å². The highest BCUT2D eigenvalue weighted by Gasteiger charge is 2.09. The molecule has 0 aliphatic heterocycles. The Bertz CT molecular complexity index is 464. The Morgan fingerprint density at radius 2 is 2.21 bits per heavy atom. The number of nitrogen functional groups attached to an aromatic ring is 1. The summed E-state index contributed by atoms with van der Waals surface area (Å²) in [6.07, 6.45) is 1.37. The Hall–Kier alpha value is -1.91. The quantitative estimate of drug-likeness (QED) is 0.691. The lowest BCUT2D eigenvalue weighted by molar-refractivity contribution is 0.627. The van der Waals surface area contributed by atoms with Crippen molar-refractivity contribution in [3.05, 3.63) is 30.3 Å². The lowest BCUT2D eigenvalue weighted by atomic mass is 10.2. The molecule has 72 valence electrons. The van der Waals surface area contributed by atoms with Gasteiger partial charge in [-0.1, -0.05) is 0 Å². The molecule has 4 nitrogen and oxygen atoms in total. The molecule has 0 spiro atoms. The minimum Gasteiger partial charge on any atom is -0.399 e. The highest BCUT2D eigenvalue weighted by Crippen LogP contribution is 2.21. The lowest BCUT2D eigenvalue weighted by Crippen LogP contribution is -1.97. The molecular formula is C9H9FN4. The van der Waals surface area contributed by atoms with Crippen LogP contribution in [0.15, 0.2) is 24.5 Å². The summed E-state index contributed by atoms with van der Waals surface area (Å²) in [5.41, 5.74) is 6.43. The zero-order valence-corrected chi connectivity index (χ0v) is 7.61. The zero-order valence-electron chi connectivity index (χ0n) is 7.61. The van der Waals surface area contributed by atoms with Crippen molar-refractivity contribution in [2.45, 2.75) is 0 Å². The van der Waals surface area contributed by atoms with Gasteiger partial charge < -0.3 is 5.73 Å². The van der Waals surface area contributed by atoms with Gasteiger partial charge in [-0.2, -0.15) is 5.10 Å². The number of nitrogens with two attached hydrogens (primary N) is 1. The average molecular weight is 192 g/mol. The normalized spacial score (nSPS) is 10.4. The van der Waals surface area contributed by atoms with E-state index in [1.807, 2.05) is 0 Å². The second kappa shape index (κ2) is 3.10. The molecule has 0 atom stereocenters. The van der Waals surface area contributed by atoms with Gasteiger partial charge >= 0.3 is 0 Å². The summed E-state index contributed by atoms with van der Waals surface area (Å²) in [5, 5.41) is 3.86. The Morgan fingerprint density at radius 1 is 1.43 bits per heavy atom. The van der Waals surface area contributed by atoms with Gasteiger partial charge in [0.25, 0.3) is 0 Å². The number of hydrogen-bond acceptors (Lipinski definition) is 3. The number of nitrogens with zero attached hydrogens (tertiary/aromatic N) is 3. The van der Waals surface area contributed by atoms with Crippen LogP contribution >= 0.6 is 0 Å². The Kier molecular flexibility index (Phi) is 1.92. The first-order chi connectivity index (χ1) is 6.68. The molecule has 0 radical (unpaired) electrons. The van der Waals surface area contributed by atoms with Gasteiger partial charge in [0.15, 0.2) is 5.82 Å².